The number of carbonyl (C=O) groups is 3. The first kappa shape index (κ1) is 54.2. The average molecular weight is 844 g/mol. The van der Waals surface area contributed by atoms with E-state index in [0.717, 1.165) is 56.7 Å². The summed E-state index contributed by atoms with van der Waals surface area (Å²) in [4.78, 5) is 36.9. The Labute approximate surface area is 346 Å². The van der Waals surface area contributed by atoms with E-state index < -0.39 is 53.9 Å². The molecule has 0 fully saturated rings. The molecular weight excluding hydrogens is 759 g/mol. The predicted octanol–water partition coefficient (Wildman–Crippen LogP) is 11.2. The summed E-state index contributed by atoms with van der Waals surface area (Å²) in [6.07, 6.45) is 11.3. The van der Waals surface area contributed by atoms with Crippen molar-refractivity contribution >= 4 is 42.7 Å². The third-order valence-corrected chi connectivity index (χ3v) is 23.0. The first-order valence-electron chi connectivity index (χ1n) is 21.5. The van der Waals surface area contributed by atoms with Crippen LogP contribution >= 0.6 is 0 Å². The van der Waals surface area contributed by atoms with E-state index in [-0.39, 0.29) is 29.8 Å². The zero-order chi connectivity index (χ0) is 43.5. The maximum atomic E-state index is 13.3. The lowest BCUT2D eigenvalue weighted by atomic mass is 9.92. The molecule has 56 heavy (non-hydrogen) atoms. The van der Waals surface area contributed by atoms with Crippen LogP contribution in [0.5, 0.6) is 0 Å². The van der Waals surface area contributed by atoms with Gasteiger partial charge in [0.05, 0.1) is 26.0 Å². The van der Waals surface area contributed by atoms with E-state index >= 15 is 0 Å². The Bertz CT molecular complexity index is 1190. The zero-order valence-corrected chi connectivity index (χ0v) is 41.6. The molecule has 0 aliphatic heterocycles. The number of carbonyl (C=O) groups excluding carboxylic acids is 3. The normalized spacial score (nSPS) is 14.7. The first-order chi connectivity index (χ1) is 25.9. The Morgan fingerprint density at radius 1 is 0.732 bits per heavy atom. The molecule has 0 aromatic heterocycles. The van der Waals surface area contributed by atoms with Crippen LogP contribution < -0.4 is 5.32 Å². The molecule has 0 bridgehead atoms. The minimum atomic E-state index is -2.21. The van der Waals surface area contributed by atoms with Gasteiger partial charge in [-0.3, -0.25) is 0 Å². The van der Waals surface area contributed by atoms with E-state index in [9.17, 15) is 14.4 Å². The third kappa shape index (κ3) is 17.6. The topological polar surface area (TPSA) is 119 Å². The molecule has 0 saturated carbocycles. The summed E-state index contributed by atoms with van der Waals surface area (Å²) in [5.41, 5.74) is -2.16. The molecule has 10 nitrogen and oxygen atoms in total. The smallest absolute Gasteiger partial charge is 0.408 e. The Hall–Kier alpha value is -1.78. The van der Waals surface area contributed by atoms with E-state index in [4.69, 9.17) is 27.8 Å². The van der Waals surface area contributed by atoms with Crippen molar-refractivity contribution < 1.29 is 42.2 Å². The molecule has 1 N–H and O–H groups in total. The van der Waals surface area contributed by atoms with Crippen LogP contribution in [0, 0.1) is 0 Å². The highest BCUT2D eigenvalue weighted by molar-refractivity contribution is 6.82. The zero-order valence-electron chi connectivity index (χ0n) is 38.6. The molecule has 0 saturated heterocycles. The second-order valence-corrected chi connectivity index (χ2v) is 31.5. The minimum absolute atomic E-state index is 0.117. The first-order valence-corrected chi connectivity index (χ1v) is 30.8. The fourth-order valence-corrected chi connectivity index (χ4v) is 19.8. The van der Waals surface area contributed by atoms with Gasteiger partial charge in [0.1, 0.15) is 24.4 Å². The number of esters is 2. The van der Waals surface area contributed by atoms with Crippen molar-refractivity contribution in [1.29, 1.82) is 0 Å². The molecule has 0 aliphatic carbocycles. The molecule has 2 atom stereocenters. The van der Waals surface area contributed by atoms with Gasteiger partial charge >= 0.3 is 18.0 Å². The minimum Gasteiger partial charge on any atom is -0.460 e. The van der Waals surface area contributed by atoms with Crippen molar-refractivity contribution in [3.8, 4) is 0 Å². The van der Waals surface area contributed by atoms with Crippen molar-refractivity contribution in [3.05, 3.63) is 25.3 Å². The van der Waals surface area contributed by atoms with Gasteiger partial charge in [0.25, 0.3) is 0 Å². The number of unbranched alkanes of at least 4 members (excludes halogenated alkanes) is 1. The molecular formula is C43H85NO9Si3. The molecule has 0 radical (unpaired) electrons. The second-order valence-electron chi connectivity index (χ2n) is 18.0. The van der Waals surface area contributed by atoms with Gasteiger partial charge in [-0.05, 0) is 91.0 Å². The van der Waals surface area contributed by atoms with Crippen LogP contribution in [0.15, 0.2) is 25.3 Å². The van der Waals surface area contributed by atoms with Crippen LogP contribution in [0.4, 0.5) is 4.79 Å². The Morgan fingerprint density at radius 2 is 1.27 bits per heavy atom. The molecule has 2 unspecified atom stereocenters. The predicted molar refractivity (Wildman–Crippen MR) is 239 cm³/mol. The number of rotatable bonds is 31. The second kappa shape index (κ2) is 24.3. The molecule has 0 spiro atoms. The standard InChI is InChI=1S/C43H85NO9Si3/c1-18-27-33-55(14,15)52-38(21-4)56(16,17)53-43(25-8,26-9)54(12,13)32-28-29-41(11,22-5)50-31-30-42(23-6,24-7)51-39(47)44-40(10,34-48-36(45)19-2)35-49-37(46)20-3/h19-20,38H,2-3,18,21-35H2,1,4-17H3,(H,44,47). The Morgan fingerprint density at radius 3 is 1.70 bits per heavy atom. The van der Waals surface area contributed by atoms with E-state index in [2.05, 4.69) is 99.3 Å². The van der Waals surface area contributed by atoms with E-state index in [1.807, 2.05) is 13.8 Å². The lowest BCUT2D eigenvalue weighted by Gasteiger charge is -2.51. The van der Waals surface area contributed by atoms with Crippen molar-refractivity contribution in [2.75, 3.05) is 19.8 Å². The van der Waals surface area contributed by atoms with E-state index in [1.165, 1.54) is 18.9 Å². The number of nitrogens with one attached hydrogen (secondary N) is 1. The van der Waals surface area contributed by atoms with Crippen LogP contribution in [0.25, 0.3) is 0 Å². The molecule has 0 heterocycles. The highest BCUT2D eigenvalue weighted by Gasteiger charge is 2.51. The quantitative estimate of drug-likeness (QED) is 0.0315. The molecule has 0 aromatic carbocycles. The largest absolute Gasteiger partial charge is 0.460 e. The summed E-state index contributed by atoms with van der Waals surface area (Å²) in [6, 6.07) is 2.34. The van der Waals surface area contributed by atoms with Crippen molar-refractivity contribution in [2.45, 2.75) is 212 Å². The van der Waals surface area contributed by atoms with Gasteiger partial charge in [-0.2, -0.15) is 0 Å². The van der Waals surface area contributed by atoms with E-state index in [0.29, 0.717) is 25.9 Å². The third-order valence-electron chi connectivity index (χ3n) is 12.2. The summed E-state index contributed by atoms with van der Waals surface area (Å²) in [6.45, 7) is 40.4. The van der Waals surface area contributed by atoms with Crippen LogP contribution in [0.2, 0.25) is 51.4 Å². The number of alkyl carbamates (subject to hydrolysis) is 1. The van der Waals surface area contributed by atoms with Crippen molar-refractivity contribution in [1.82, 2.24) is 5.32 Å². The Kier molecular flexibility index (Phi) is 23.6. The summed E-state index contributed by atoms with van der Waals surface area (Å²) >= 11 is 0. The van der Waals surface area contributed by atoms with Gasteiger partial charge in [0.15, 0.2) is 8.32 Å². The monoisotopic (exact) mass is 844 g/mol. The lowest BCUT2D eigenvalue weighted by Crippen LogP contribution is -2.63. The van der Waals surface area contributed by atoms with Gasteiger partial charge in [0.2, 0.25) is 8.32 Å². The van der Waals surface area contributed by atoms with E-state index in [1.54, 1.807) is 6.92 Å². The highest BCUT2D eigenvalue weighted by Crippen LogP contribution is 2.41. The summed E-state index contributed by atoms with van der Waals surface area (Å²) in [5.74, 6) is -1.33. The SMILES string of the molecule is C=CC(=O)OCC(C)(COC(=O)C=C)NC(=O)OC(CC)(CC)CCOC(C)(CC)CCC[Si](C)(C)C(CC)(CC)O[Si](C)(C)C(CC)O[Si](C)(C)CCCC. The molecule has 328 valence electrons. The number of hydrogen-bond acceptors (Lipinski definition) is 9. The lowest BCUT2D eigenvalue weighted by molar-refractivity contribution is -0.144. The molecule has 0 rings (SSSR count). The van der Waals surface area contributed by atoms with Gasteiger partial charge in [-0.15, -0.1) is 0 Å². The summed E-state index contributed by atoms with van der Waals surface area (Å²) in [5, 5.41) is 2.65. The van der Waals surface area contributed by atoms with Gasteiger partial charge in [0, 0.05) is 23.8 Å². The van der Waals surface area contributed by atoms with Crippen molar-refractivity contribution in [2.24, 2.45) is 0 Å². The molecule has 0 aromatic rings. The fraction of sp³-hybridized carbons (Fsp3) is 0.837. The van der Waals surface area contributed by atoms with Gasteiger partial charge in [-0.25, -0.2) is 14.4 Å². The fourth-order valence-electron chi connectivity index (χ4n) is 7.75. The van der Waals surface area contributed by atoms with Crippen LogP contribution in [-0.4, -0.2) is 90.3 Å². The maximum absolute atomic E-state index is 13.3. The van der Waals surface area contributed by atoms with Gasteiger partial charge < -0.3 is 33.1 Å². The molecule has 13 heteroatoms. The van der Waals surface area contributed by atoms with Crippen LogP contribution in [-0.2, 0) is 37.4 Å². The van der Waals surface area contributed by atoms with Gasteiger partial charge in [-0.1, -0.05) is 100 Å². The highest BCUT2D eigenvalue weighted by atomic mass is 28.4. The Balaban J connectivity index is 5.76. The molecule has 0 aliphatic rings. The van der Waals surface area contributed by atoms with Crippen LogP contribution in [0.3, 0.4) is 0 Å². The number of amides is 1. The summed E-state index contributed by atoms with van der Waals surface area (Å²) in [7, 11) is -5.88. The van der Waals surface area contributed by atoms with Crippen LogP contribution in [0.1, 0.15) is 133 Å². The maximum Gasteiger partial charge on any atom is 0.408 e. The molecule has 1 amide bonds. The summed E-state index contributed by atoms with van der Waals surface area (Å²) < 4.78 is 37.7. The number of ether oxygens (including phenoxy) is 4. The average Bonchev–Trinajstić information content (AvgIpc) is 3.15. The number of hydrogen-bond donors (Lipinski definition) is 1. The van der Waals surface area contributed by atoms with Crippen molar-refractivity contribution in [3.63, 3.8) is 0 Å².